The van der Waals surface area contributed by atoms with Crippen LogP contribution >= 0.6 is 0 Å². The van der Waals surface area contributed by atoms with Gasteiger partial charge in [-0.25, -0.2) is 0 Å². The quantitative estimate of drug-likeness (QED) is 0.676. The number of aliphatic hydroxyl groups excluding tert-OH is 1. The summed E-state index contributed by atoms with van der Waals surface area (Å²) in [6, 6.07) is 0. The highest BCUT2D eigenvalue weighted by Gasteiger charge is 2.68. The van der Waals surface area contributed by atoms with Gasteiger partial charge < -0.3 is 9.84 Å². The standard InChI is InChI=1S/C22H28O4/c1-20-8-5-14(23)11-13(20)3-4-15-16-6-9-22(10-7-18(25)26-22)21(16,2)12-17(24)19(15)20/h3-4,11,15-17,19,24H,5-10,12H2,1-2H3/t15-,16-,17-,19+,20+,21-,22-/m1/s1. The van der Waals surface area contributed by atoms with Crippen LogP contribution < -0.4 is 0 Å². The van der Waals surface area contributed by atoms with Gasteiger partial charge in [0.15, 0.2) is 5.78 Å². The van der Waals surface area contributed by atoms with Crippen molar-refractivity contribution in [2.24, 2.45) is 28.6 Å². The SMILES string of the molecule is C[C@]12CCC(=O)C=C1C=C[C@H]1[C@H]2[C@H](O)C[C@]2(C)[C@@H]1CC[C@@]21CCC(=O)O1. The number of aliphatic hydroxyl groups is 1. The van der Waals surface area contributed by atoms with Gasteiger partial charge in [0, 0.05) is 24.2 Å². The Kier molecular flexibility index (Phi) is 3.28. The summed E-state index contributed by atoms with van der Waals surface area (Å²) in [5.41, 5.74) is 0.425. The van der Waals surface area contributed by atoms with Gasteiger partial charge in [-0.1, -0.05) is 26.0 Å². The highest BCUT2D eigenvalue weighted by Crippen LogP contribution is 2.68. The third-order valence-electron chi connectivity index (χ3n) is 8.79. The van der Waals surface area contributed by atoms with Gasteiger partial charge in [-0.2, -0.15) is 0 Å². The number of allylic oxidation sites excluding steroid dienone is 4. The lowest BCUT2D eigenvalue weighted by Gasteiger charge is -2.58. The molecule has 2 saturated carbocycles. The maximum atomic E-state index is 11.9. The van der Waals surface area contributed by atoms with Crippen molar-refractivity contribution in [3.8, 4) is 0 Å². The summed E-state index contributed by atoms with van der Waals surface area (Å²) in [5.74, 6) is 0.989. The fraction of sp³-hybridized carbons (Fsp3) is 0.727. The second kappa shape index (κ2) is 5.09. The van der Waals surface area contributed by atoms with Gasteiger partial charge >= 0.3 is 5.97 Å². The van der Waals surface area contributed by atoms with Crippen LogP contribution in [0.25, 0.3) is 0 Å². The van der Waals surface area contributed by atoms with Gasteiger partial charge in [0.05, 0.1) is 6.10 Å². The first-order valence-corrected chi connectivity index (χ1v) is 10.1. The third-order valence-corrected chi connectivity index (χ3v) is 8.79. The largest absolute Gasteiger partial charge is 0.458 e. The molecule has 1 spiro atoms. The average molecular weight is 356 g/mol. The number of carbonyl (C=O) groups is 2. The number of ether oxygens (including phenoxy) is 1. The first-order chi connectivity index (χ1) is 12.3. The van der Waals surface area contributed by atoms with Crippen LogP contribution in [0, 0.1) is 28.6 Å². The van der Waals surface area contributed by atoms with Gasteiger partial charge in [-0.05, 0) is 61.0 Å². The fourth-order valence-corrected chi connectivity index (χ4v) is 7.41. The molecule has 4 aliphatic carbocycles. The Hall–Kier alpha value is -1.42. The van der Waals surface area contributed by atoms with Gasteiger partial charge in [-0.15, -0.1) is 0 Å². The van der Waals surface area contributed by atoms with Gasteiger partial charge in [-0.3, -0.25) is 9.59 Å². The maximum absolute atomic E-state index is 11.9. The molecular formula is C22H28O4. The number of carbonyl (C=O) groups excluding carboxylic acids is 2. The molecule has 3 fully saturated rings. The molecule has 1 N–H and O–H groups in total. The van der Waals surface area contributed by atoms with Crippen molar-refractivity contribution in [2.45, 2.75) is 70.5 Å². The normalized spacial score (nSPS) is 52.3. The van der Waals surface area contributed by atoms with Crippen molar-refractivity contribution < 1.29 is 19.4 Å². The zero-order valence-corrected chi connectivity index (χ0v) is 15.7. The van der Waals surface area contributed by atoms with Crippen LogP contribution in [0.3, 0.4) is 0 Å². The molecule has 7 atom stereocenters. The molecule has 5 rings (SSSR count). The minimum Gasteiger partial charge on any atom is -0.458 e. The molecule has 1 aliphatic heterocycles. The van der Waals surface area contributed by atoms with E-state index < -0.39 is 6.10 Å². The van der Waals surface area contributed by atoms with Crippen molar-refractivity contribution in [1.82, 2.24) is 0 Å². The zero-order valence-electron chi connectivity index (χ0n) is 15.7. The number of fused-ring (bicyclic) bond motifs is 6. The van der Waals surface area contributed by atoms with E-state index in [1.54, 1.807) is 6.08 Å². The highest BCUT2D eigenvalue weighted by molar-refractivity contribution is 5.92. The highest BCUT2D eigenvalue weighted by atomic mass is 16.6. The molecule has 140 valence electrons. The topological polar surface area (TPSA) is 63.6 Å². The minimum absolute atomic E-state index is 0.0781. The first kappa shape index (κ1) is 16.7. The molecule has 26 heavy (non-hydrogen) atoms. The minimum atomic E-state index is -0.429. The summed E-state index contributed by atoms with van der Waals surface area (Å²) in [7, 11) is 0. The monoisotopic (exact) mass is 356 g/mol. The Morgan fingerprint density at radius 1 is 1.15 bits per heavy atom. The van der Waals surface area contributed by atoms with E-state index in [0.717, 1.165) is 31.3 Å². The molecule has 0 radical (unpaired) electrons. The third kappa shape index (κ3) is 1.89. The van der Waals surface area contributed by atoms with Crippen LogP contribution in [0.15, 0.2) is 23.8 Å². The lowest BCUT2D eigenvalue weighted by atomic mass is 9.47. The maximum Gasteiger partial charge on any atom is 0.306 e. The molecular weight excluding hydrogens is 328 g/mol. The predicted octanol–water partition coefficient (Wildman–Crippen LogP) is 3.34. The summed E-state index contributed by atoms with van der Waals surface area (Å²) in [6.45, 7) is 4.48. The van der Waals surface area contributed by atoms with E-state index >= 15 is 0 Å². The first-order valence-electron chi connectivity index (χ1n) is 10.1. The van der Waals surface area contributed by atoms with E-state index in [4.69, 9.17) is 4.74 Å². The molecule has 0 aromatic rings. The second-order valence-electron chi connectivity index (χ2n) is 9.75. The summed E-state index contributed by atoms with van der Waals surface area (Å²) in [6.07, 6.45) is 11.1. The molecule has 0 aromatic carbocycles. The van der Waals surface area contributed by atoms with Crippen molar-refractivity contribution in [3.05, 3.63) is 23.8 Å². The summed E-state index contributed by atoms with van der Waals surface area (Å²) < 4.78 is 5.93. The number of hydrogen-bond donors (Lipinski definition) is 1. The molecule has 1 heterocycles. The fourth-order valence-electron chi connectivity index (χ4n) is 7.41. The molecule has 0 bridgehead atoms. The zero-order chi connectivity index (χ0) is 18.3. The Labute approximate surface area is 154 Å². The summed E-state index contributed by atoms with van der Waals surface area (Å²) in [5, 5.41) is 11.3. The molecule has 0 amide bonds. The molecule has 4 heteroatoms. The van der Waals surface area contributed by atoms with Gasteiger partial charge in [0.25, 0.3) is 0 Å². The number of rotatable bonds is 0. The second-order valence-corrected chi connectivity index (χ2v) is 9.75. The molecule has 0 aromatic heterocycles. The average Bonchev–Trinajstić information content (AvgIpc) is 3.09. The van der Waals surface area contributed by atoms with E-state index in [2.05, 4.69) is 26.0 Å². The van der Waals surface area contributed by atoms with Crippen LogP contribution in [0.4, 0.5) is 0 Å². The van der Waals surface area contributed by atoms with E-state index in [-0.39, 0.29) is 40.0 Å². The number of hydrogen-bond acceptors (Lipinski definition) is 4. The van der Waals surface area contributed by atoms with Crippen molar-refractivity contribution in [1.29, 1.82) is 0 Å². The lowest BCUT2D eigenvalue weighted by molar-refractivity contribution is -0.177. The van der Waals surface area contributed by atoms with Crippen LogP contribution in [-0.2, 0) is 14.3 Å². The Morgan fingerprint density at radius 3 is 2.69 bits per heavy atom. The van der Waals surface area contributed by atoms with Crippen molar-refractivity contribution in [2.75, 3.05) is 0 Å². The smallest absolute Gasteiger partial charge is 0.306 e. The van der Waals surface area contributed by atoms with E-state index in [1.165, 1.54) is 0 Å². The van der Waals surface area contributed by atoms with Crippen LogP contribution in [0.1, 0.15) is 58.8 Å². The van der Waals surface area contributed by atoms with Crippen LogP contribution in [0.2, 0.25) is 0 Å². The Balaban J connectivity index is 1.58. The molecule has 4 nitrogen and oxygen atoms in total. The summed E-state index contributed by atoms with van der Waals surface area (Å²) >= 11 is 0. The van der Waals surface area contributed by atoms with E-state index in [9.17, 15) is 14.7 Å². The molecule has 0 unspecified atom stereocenters. The summed E-state index contributed by atoms with van der Waals surface area (Å²) in [4.78, 5) is 23.8. The van der Waals surface area contributed by atoms with Crippen molar-refractivity contribution in [3.63, 3.8) is 0 Å². The number of ketones is 1. The lowest BCUT2D eigenvalue weighted by Crippen LogP contribution is -2.58. The Morgan fingerprint density at radius 2 is 1.96 bits per heavy atom. The van der Waals surface area contributed by atoms with Gasteiger partial charge in [0.1, 0.15) is 5.60 Å². The number of esters is 1. The van der Waals surface area contributed by atoms with Gasteiger partial charge in [0.2, 0.25) is 0 Å². The van der Waals surface area contributed by atoms with Crippen LogP contribution in [0.5, 0.6) is 0 Å². The van der Waals surface area contributed by atoms with E-state index in [1.807, 2.05) is 0 Å². The van der Waals surface area contributed by atoms with Crippen molar-refractivity contribution >= 4 is 11.8 Å². The molecule has 1 saturated heterocycles. The van der Waals surface area contributed by atoms with Crippen LogP contribution in [-0.4, -0.2) is 28.6 Å². The molecule has 5 aliphatic rings. The Bertz CT molecular complexity index is 751. The predicted molar refractivity (Wildman–Crippen MR) is 96.1 cm³/mol. The van der Waals surface area contributed by atoms with E-state index in [0.29, 0.717) is 25.2 Å².